The molecule has 0 unspecified atom stereocenters. The van der Waals surface area contributed by atoms with E-state index in [1.54, 1.807) is 0 Å². The molecule has 1 aliphatic carbocycles. The topological polar surface area (TPSA) is 59.8 Å². The Labute approximate surface area is 126 Å². The van der Waals surface area contributed by atoms with Crippen LogP contribution in [0, 0.1) is 11.6 Å². The van der Waals surface area contributed by atoms with E-state index in [2.05, 4.69) is 15.6 Å². The predicted octanol–water partition coefficient (Wildman–Crippen LogP) is 2.39. The normalized spacial score (nSPS) is 16.1. The molecule has 1 aromatic heterocycles. The highest BCUT2D eigenvalue weighted by atomic mass is 19.1. The number of aryl methyl sites for hydroxylation is 1. The van der Waals surface area contributed by atoms with Gasteiger partial charge in [0.25, 0.3) is 5.91 Å². The van der Waals surface area contributed by atoms with Crippen LogP contribution in [0.3, 0.4) is 0 Å². The second-order valence-corrected chi connectivity index (χ2v) is 5.45. The molecule has 1 saturated carbocycles. The molecule has 0 spiro atoms. The number of nitrogens with one attached hydrogen (secondary N) is 1. The maximum Gasteiger partial charge on any atom is 0.271 e. The summed E-state index contributed by atoms with van der Waals surface area (Å²) in [5.74, 6) is -1.62. The van der Waals surface area contributed by atoms with Crippen molar-refractivity contribution >= 4 is 5.91 Å². The molecule has 1 N–H and O–H groups in total. The van der Waals surface area contributed by atoms with Gasteiger partial charge in [0.15, 0.2) is 0 Å². The lowest BCUT2D eigenvalue weighted by Gasteiger charge is -2.43. The van der Waals surface area contributed by atoms with E-state index in [9.17, 15) is 13.6 Å². The van der Waals surface area contributed by atoms with E-state index in [1.807, 2.05) is 6.92 Å². The number of benzene rings is 1. The van der Waals surface area contributed by atoms with Crippen LogP contribution in [-0.4, -0.2) is 20.9 Å². The van der Waals surface area contributed by atoms with Gasteiger partial charge < -0.3 is 5.32 Å². The van der Waals surface area contributed by atoms with Crippen molar-refractivity contribution in [3.63, 3.8) is 0 Å². The molecule has 0 bridgehead atoms. The zero-order valence-electron chi connectivity index (χ0n) is 12.1. The summed E-state index contributed by atoms with van der Waals surface area (Å²) in [7, 11) is 0. The van der Waals surface area contributed by atoms with Crippen molar-refractivity contribution < 1.29 is 13.6 Å². The molecular formula is C15H16F2N4O. The zero-order valence-corrected chi connectivity index (χ0v) is 12.1. The molecule has 22 heavy (non-hydrogen) atoms. The number of hydrogen-bond donors (Lipinski definition) is 1. The number of rotatable bonds is 4. The second-order valence-electron chi connectivity index (χ2n) is 5.45. The molecule has 0 atom stereocenters. The van der Waals surface area contributed by atoms with Crippen molar-refractivity contribution in [3.8, 4) is 0 Å². The maximum atomic E-state index is 14.1. The van der Waals surface area contributed by atoms with E-state index < -0.39 is 17.2 Å². The highest BCUT2D eigenvalue weighted by molar-refractivity contribution is 5.92. The third-order valence-electron chi connectivity index (χ3n) is 4.16. The number of amides is 1. The van der Waals surface area contributed by atoms with Crippen LogP contribution in [0.15, 0.2) is 24.4 Å². The Morgan fingerprint density at radius 1 is 1.41 bits per heavy atom. The molecule has 7 heteroatoms. The Balaban J connectivity index is 1.89. The smallest absolute Gasteiger partial charge is 0.271 e. The minimum atomic E-state index is -0.780. The molecule has 0 aliphatic heterocycles. The van der Waals surface area contributed by atoms with Gasteiger partial charge in [0.2, 0.25) is 0 Å². The Morgan fingerprint density at radius 3 is 2.77 bits per heavy atom. The first-order chi connectivity index (χ1) is 10.6. The van der Waals surface area contributed by atoms with Crippen LogP contribution < -0.4 is 5.32 Å². The molecule has 1 aromatic carbocycles. The lowest BCUT2D eigenvalue weighted by molar-refractivity contribution is 0.0807. The fourth-order valence-electron chi connectivity index (χ4n) is 2.82. The summed E-state index contributed by atoms with van der Waals surface area (Å²) >= 11 is 0. The SMILES string of the molecule is CCn1nncc1C(=O)NC1(c2ccc(F)cc2F)CCC1. The molecular weight excluding hydrogens is 290 g/mol. The van der Waals surface area contributed by atoms with Crippen molar-refractivity contribution in [2.24, 2.45) is 0 Å². The fraction of sp³-hybridized carbons (Fsp3) is 0.400. The van der Waals surface area contributed by atoms with E-state index in [0.717, 1.165) is 12.5 Å². The first-order valence-corrected chi connectivity index (χ1v) is 7.22. The van der Waals surface area contributed by atoms with Gasteiger partial charge in [-0.1, -0.05) is 11.3 Å². The third kappa shape index (κ3) is 2.36. The number of nitrogens with zero attached hydrogens (tertiary/aromatic N) is 3. The first kappa shape index (κ1) is 14.6. The molecule has 0 radical (unpaired) electrons. The summed E-state index contributed by atoms with van der Waals surface area (Å²) in [5.41, 5.74) is -0.127. The van der Waals surface area contributed by atoms with Crippen molar-refractivity contribution in [3.05, 3.63) is 47.3 Å². The molecule has 3 rings (SSSR count). The first-order valence-electron chi connectivity index (χ1n) is 7.22. The monoisotopic (exact) mass is 306 g/mol. The van der Waals surface area contributed by atoms with E-state index >= 15 is 0 Å². The Bertz CT molecular complexity index is 709. The summed E-state index contributed by atoms with van der Waals surface area (Å²) in [6.45, 7) is 2.37. The molecule has 1 fully saturated rings. The van der Waals surface area contributed by atoms with Gasteiger partial charge in [0, 0.05) is 18.2 Å². The average molecular weight is 306 g/mol. The van der Waals surface area contributed by atoms with Gasteiger partial charge in [0.1, 0.15) is 17.3 Å². The van der Waals surface area contributed by atoms with Crippen molar-refractivity contribution in [2.45, 2.75) is 38.3 Å². The lowest BCUT2D eigenvalue weighted by Crippen LogP contribution is -2.51. The molecule has 2 aromatic rings. The summed E-state index contributed by atoms with van der Waals surface area (Å²) in [4.78, 5) is 12.4. The minimum absolute atomic E-state index is 0.323. The number of carbonyl (C=O) groups is 1. The van der Waals surface area contributed by atoms with E-state index in [4.69, 9.17) is 0 Å². The number of aromatic nitrogens is 3. The van der Waals surface area contributed by atoms with Crippen molar-refractivity contribution in [2.75, 3.05) is 0 Å². The van der Waals surface area contributed by atoms with Crippen LogP contribution in [0.25, 0.3) is 0 Å². The van der Waals surface area contributed by atoms with Gasteiger partial charge >= 0.3 is 0 Å². The largest absolute Gasteiger partial charge is 0.341 e. The molecule has 116 valence electrons. The summed E-state index contributed by atoms with van der Waals surface area (Å²) in [6.07, 6.45) is 3.50. The summed E-state index contributed by atoms with van der Waals surface area (Å²) in [6, 6.07) is 3.46. The van der Waals surface area contributed by atoms with Crippen LogP contribution in [0.1, 0.15) is 42.2 Å². The standard InChI is InChI=1S/C15H16F2N4O/c1-2-21-13(9-18-20-21)14(22)19-15(6-3-7-15)11-5-4-10(16)8-12(11)17/h4-5,8-9H,2-3,6-7H2,1H3,(H,19,22). The Kier molecular flexibility index (Phi) is 3.64. The van der Waals surface area contributed by atoms with E-state index in [1.165, 1.54) is 23.0 Å². The third-order valence-corrected chi connectivity index (χ3v) is 4.16. The minimum Gasteiger partial charge on any atom is -0.341 e. The summed E-state index contributed by atoms with van der Waals surface area (Å²) < 4.78 is 28.7. The van der Waals surface area contributed by atoms with Crippen LogP contribution in [0.2, 0.25) is 0 Å². The maximum absolute atomic E-state index is 14.1. The van der Waals surface area contributed by atoms with E-state index in [0.29, 0.717) is 30.6 Å². The highest BCUT2D eigenvalue weighted by Gasteiger charge is 2.42. The van der Waals surface area contributed by atoms with Crippen molar-refractivity contribution in [1.29, 1.82) is 0 Å². The molecule has 1 heterocycles. The number of carbonyl (C=O) groups excluding carboxylic acids is 1. The van der Waals surface area contributed by atoms with Gasteiger partial charge in [0.05, 0.1) is 11.7 Å². The van der Waals surface area contributed by atoms with Gasteiger partial charge in [-0.25, -0.2) is 13.5 Å². The highest BCUT2D eigenvalue weighted by Crippen LogP contribution is 2.42. The lowest BCUT2D eigenvalue weighted by atomic mass is 9.71. The predicted molar refractivity (Wildman–Crippen MR) is 75.0 cm³/mol. The fourth-order valence-corrected chi connectivity index (χ4v) is 2.82. The molecule has 1 aliphatic rings. The van der Waals surface area contributed by atoms with Crippen LogP contribution in [0.4, 0.5) is 8.78 Å². The zero-order chi connectivity index (χ0) is 15.7. The van der Waals surface area contributed by atoms with Gasteiger partial charge in [-0.15, -0.1) is 5.10 Å². The molecule has 5 nitrogen and oxygen atoms in total. The quantitative estimate of drug-likeness (QED) is 0.943. The average Bonchev–Trinajstić information content (AvgIpc) is 2.92. The van der Waals surface area contributed by atoms with Crippen LogP contribution in [0.5, 0.6) is 0 Å². The summed E-state index contributed by atoms with van der Waals surface area (Å²) in [5, 5.41) is 10.4. The molecule has 0 saturated heterocycles. The second kappa shape index (κ2) is 5.47. The molecule has 1 amide bonds. The van der Waals surface area contributed by atoms with Gasteiger partial charge in [-0.2, -0.15) is 0 Å². The van der Waals surface area contributed by atoms with Crippen LogP contribution >= 0.6 is 0 Å². The number of halogens is 2. The Morgan fingerprint density at radius 2 is 2.18 bits per heavy atom. The van der Waals surface area contributed by atoms with Crippen LogP contribution in [-0.2, 0) is 12.1 Å². The number of hydrogen-bond acceptors (Lipinski definition) is 3. The van der Waals surface area contributed by atoms with Crippen molar-refractivity contribution in [1.82, 2.24) is 20.3 Å². The van der Waals surface area contributed by atoms with E-state index in [-0.39, 0.29) is 5.91 Å². The van der Waals surface area contributed by atoms with Gasteiger partial charge in [-0.05, 0) is 32.3 Å². The van der Waals surface area contributed by atoms with Gasteiger partial charge in [-0.3, -0.25) is 4.79 Å². The Hall–Kier alpha value is -2.31.